The normalized spacial score (nSPS) is 10.6. The highest BCUT2D eigenvalue weighted by atomic mass is 16.4. The van der Waals surface area contributed by atoms with E-state index in [1.54, 1.807) is 0 Å². The molecule has 1 atom stereocenters. The molecule has 0 heterocycles. The van der Waals surface area contributed by atoms with E-state index in [9.17, 15) is 9.59 Å². The molecule has 2 rings (SSSR count). The largest absolute Gasteiger partial charge is 0.480 e. The fraction of sp³-hybridized carbons (Fsp3) is 0.125. The lowest BCUT2D eigenvalue weighted by atomic mass is 10.1. The fourth-order valence-corrected chi connectivity index (χ4v) is 1.53. The highest BCUT2D eigenvalue weighted by Gasteiger charge is 2.15. The molecule has 0 spiro atoms. The van der Waals surface area contributed by atoms with E-state index in [0.29, 0.717) is 12.8 Å². The van der Waals surface area contributed by atoms with Crippen molar-refractivity contribution in [2.75, 3.05) is 0 Å². The van der Waals surface area contributed by atoms with E-state index in [1.165, 1.54) is 0 Å². The molecule has 1 amide bonds. The zero-order valence-electron chi connectivity index (χ0n) is 11.0. The SMILES string of the molecule is O=CNC(Cc1ccccc1)C(=O)O.c1ccccc1. The van der Waals surface area contributed by atoms with Gasteiger partial charge in [0.1, 0.15) is 6.04 Å². The van der Waals surface area contributed by atoms with Gasteiger partial charge in [-0.2, -0.15) is 0 Å². The Bertz CT molecular complexity index is 473. The predicted molar refractivity (Wildman–Crippen MR) is 77.2 cm³/mol. The number of carbonyl (C=O) groups is 2. The molecule has 0 radical (unpaired) electrons. The quantitative estimate of drug-likeness (QED) is 0.819. The van der Waals surface area contributed by atoms with Gasteiger partial charge in [0.15, 0.2) is 0 Å². The smallest absolute Gasteiger partial charge is 0.326 e. The number of carboxylic acid groups (broad SMARTS) is 1. The first-order valence-electron chi connectivity index (χ1n) is 6.20. The summed E-state index contributed by atoms with van der Waals surface area (Å²) >= 11 is 0. The molecular weight excluding hydrogens is 254 g/mol. The Morgan fingerprint density at radius 3 is 1.85 bits per heavy atom. The maximum atomic E-state index is 10.7. The Morgan fingerprint density at radius 2 is 1.45 bits per heavy atom. The highest BCUT2D eigenvalue weighted by Crippen LogP contribution is 2.02. The van der Waals surface area contributed by atoms with Gasteiger partial charge >= 0.3 is 5.97 Å². The van der Waals surface area contributed by atoms with Crippen molar-refractivity contribution in [1.29, 1.82) is 0 Å². The molecule has 0 saturated heterocycles. The molecule has 2 aromatic rings. The molecule has 0 fully saturated rings. The van der Waals surface area contributed by atoms with Crippen molar-refractivity contribution in [2.45, 2.75) is 12.5 Å². The molecule has 1 unspecified atom stereocenters. The number of aliphatic carboxylic acids is 1. The van der Waals surface area contributed by atoms with Gasteiger partial charge in [0.2, 0.25) is 6.41 Å². The molecule has 2 aromatic carbocycles. The Hall–Kier alpha value is -2.62. The molecule has 0 aromatic heterocycles. The van der Waals surface area contributed by atoms with Gasteiger partial charge in [0, 0.05) is 6.42 Å². The topological polar surface area (TPSA) is 66.4 Å². The van der Waals surface area contributed by atoms with Crippen molar-refractivity contribution in [3.8, 4) is 0 Å². The van der Waals surface area contributed by atoms with E-state index in [-0.39, 0.29) is 0 Å². The molecule has 4 heteroatoms. The first kappa shape index (κ1) is 15.4. The van der Waals surface area contributed by atoms with Gasteiger partial charge in [0.05, 0.1) is 0 Å². The average molecular weight is 271 g/mol. The molecule has 20 heavy (non-hydrogen) atoms. The molecule has 0 aliphatic heterocycles. The number of benzene rings is 2. The summed E-state index contributed by atoms with van der Waals surface area (Å²) < 4.78 is 0. The predicted octanol–water partition coefficient (Wildman–Crippen LogP) is 2.11. The lowest BCUT2D eigenvalue weighted by molar-refractivity contribution is -0.140. The minimum Gasteiger partial charge on any atom is -0.480 e. The average Bonchev–Trinajstić information content (AvgIpc) is 2.50. The van der Waals surface area contributed by atoms with E-state index in [0.717, 1.165) is 5.56 Å². The zero-order valence-corrected chi connectivity index (χ0v) is 11.0. The van der Waals surface area contributed by atoms with Crippen LogP contribution in [0.2, 0.25) is 0 Å². The van der Waals surface area contributed by atoms with Crippen LogP contribution >= 0.6 is 0 Å². The van der Waals surface area contributed by atoms with Crippen LogP contribution in [0.5, 0.6) is 0 Å². The van der Waals surface area contributed by atoms with E-state index < -0.39 is 12.0 Å². The minimum absolute atomic E-state index is 0.301. The molecular formula is C16H17NO3. The third kappa shape index (κ3) is 6.35. The number of rotatable bonds is 5. The van der Waals surface area contributed by atoms with E-state index in [1.807, 2.05) is 66.7 Å². The van der Waals surface area contributed by atoms with Crippen molar-refractivity contribution < 1.29 is 14.7 Å². The van der Waals surface area contributed by atoms with Crippen LogP contribution in [0.15, 0.2) is 66.7 Å². The van der Waals surface area contributed by atoms with Crippen molar-refractivity contribution in [3.05, 3.63) is 72.3 Å². The summed E-state index contributed by atoms with van der Waals surface area (Å²) in [6, 6.07) is 20.3. The number of nitrogens with one attached hydrogen (secondary N) is 1. The number of carboxylic acids is 1. The maximum absolute atomic E-state index is 10.7. The van der Waals surface area contributed by atoms with Crippen LogP contribution in [0.4, 0.5) is 0 Å². The highest BCUT2D eigenvalue weighted by molar-refractivity contribution is 5.76. The summed E-state index contributed by atoms with van der Waals surface area (Å²) in [7, 11) is 0. The Kier molecular flexibility index (Phi) is 7.20. The molecule has 0 aliphatic carbocycles. The Morgan fingerprint density at radius 1 is 1.00 bits per heavy atom. The third-order valence-electron chi connectivity index (χ3n) is 2.52. The van der Waals surface area contributed by atoms with Crippen LogP contribution < -0.4 is 5.32 Å². The van der Waals surface area contributed by atoms with Crippen LogP contribution in [-0.4, -0.2) is 23.5 Å². The fourth-order valence-electron chi connectivity index (χ4n) is 1.53. The van der Waals surface area contributed by atoms with Crippen molar-refractivity contribution in [3.63, 3.8) is 0 Å². The van der Waals surface area contributed by atoms with Crippen LogP contribution in [0, 0.1) is 0 Å². The van der Waals surface area contributed by atoms with Gasteiger partial charge in [-0.05, 0) is 5.56 Å². The van der Waals surface area contributed by atoms with Crippen LogP contribution in [-0.2, 0) is 16.0 Å². The van der Waals surface area contributed by atoms with Crippen molar-refractivity contribution >= 4 is 12.4 Å². The van der Waals surface area contributed by atoms with Crippen LogP contribution in [0.25, 0.3) is 0 Å². The second kappa shape index (κ2) is 9.33. The molecule has 4 nitrogen and oxygen atoms in total. The number of carbonyl (C=O) groups excluding carboxylic acids is 1. The third-order valence-corrected chi connectivity index (χ3v) is 2.52. The van der Waals surface area contributed by atoms with Crippen LogP contribution in [0.3, 0.4) is 0 Å². The van der Waals surface area contributed by atoms with Gasteiger partial charge in [0.25, 0.3) is 0 Å². The standard InChI is InChI=1S/C10H11NO3.C6H6/c12-7-11-9(10(13)14)6-8-4-2-1-3-5-8;1-2-4-6-5-3-1/h1-5,7,9H,6H2,(H,11,12)(H,13,14);1-6H. The molecule has 0 aliphatic rings. The molecule has 0 bridgehead atoms. The summed E-state index contributed by atoms with van der Waals surface area (Å²) in [6.45, 7) is 0. The second-order valence-corrected chi connectivity index (χ2v) is 4.02. The van der Waals surface area contributed by atoms with Crippen LogP contribution in [0.1, 0.15) is 5.56 Å². The number of hydrogen-bond acceptors (Lipinski definition) is 2. The summed E-state index contributed by atoms with van der Waals surface area (Å²) in [6.07, 6.45) is 0.705. The van der Waals surface area contributed by atoms with Gasteiger partial charge in [-0.25, -0.2) is 4.79 Å². The van der Waals surface area contributed by atoms with Gasteiger partial charge in [-0.1, -0.05) is 66.7 Å². The van der Waals surface area contributed by atoms with Gasteiger partial charge < -0.3 is 10.4 Å². The van der Waals surface area contributed by atoms with Gasteiger partial charge in [-0.15, -0.1) is 0 Å². The maximum Gasteiger partial charge on any atom is 0.326 e. The first-order valence-corrected chi connectivity index (χ1v) is 6.20. The lowest BCUT2D eigenvalue weighted by Crippen LogP contribution is -2.37. The summed E-state index contributed by atoms with van der Waals surface area (Å²) in [5.41, 5.74) is 0.884. The molecule has 104 valence electrons. The number of hydrogen-bond donors (Lipinski definition) is 2. The summed E-state index contributed by atoms with van der Waals surface area (Å²) in [5, 5.41) is 11.0. The van der Waals surface area contributed by atoms with Crippen molar-refractivity contribution in [2.24, 2.45) is 0 Å². The molecule has 0 saturated carbocycles. The van der Waals surface area contributed by atoms with Gasteiger partial charge in [-0.3, -0.25) is 4.79 Å². The van der Waals surface area contributed by atoms with E-state index in [2.05, 4.69) is 5.32 Å². The van der Waals surface area contributed by atoms with E-state index in [4.69, 9.17) is 5.11 Å². The zero-order chi connectivity index (χ0) is 14.6. The Labute approximate surface area is 118 Å². The summed E-state index contributed by atoms with van der Waals surface area (Å²) in [4.78, 5) is 20.8. The number of amides is 1. The van der Waals surface area contributed by atoms with E-state index >= 15 is 0 Å². The monoisotopic (exact) mass is 271 g/mol. The second-order valence-electron chi connectivity index (χ2n) is 4.02. The first-order chi connectivity index (χ1) is 9.74. The van der Waals surface area contributed by atoms with Crippen molar-refractivity contribution in [1.82, 2.24) is 5.32 Å². The molecule has 2 N–H and O–H groups in total. The lowest BCUT2D eigenvalue weighted by Gasteiger charge is -2.10. The Balaban J connectivity index is 0.000000276. The summed E-state index contributed by atoms with van der Waals surface area (Å²) in [5.74, 6) is -1.03. The minimum atomic E-state index is -1.03.